The van der Waals surface area contributed by atoms with Crippen molar-refractivity contribution in [3.63, 3.8) is 0 Å². The lowest BCUT2D eigenvalue weighted by atomic mass is 10.6. The van der Waals surface area contributed by atoms with Gasteiger partial charge in [-0.05, 0) is 0 Å². The van der Waals surface area contributed by atoms with E-state index in [4.69, 9.17) is 11.1 Å². The van der Waals surface area contributed by atoms with E-state index in [-0.39, 0.29) is 5.84 Å². The molecule has 3 heteroatoms. The van der Waals surface area contributed by atoms with Crippen LogP contribution in [0.5, 0.6) is 0 Å². The van der Waals surface area contributed by atoms with Crippen molar-refractivity contribution in [2.45, 2.75) is 0 Å². The highest BCUT2D eigenvalue weighted by atomic mass is 14.9. The van der Waals surface area contributed by atoms with E-state index in [2.05, 4.69) is 5.32 Å². The first kappa shape index (κ1) is 5.43. The van der Waals surface area contributed by atoms with Gasteiger partial charge < -0.3 is 11.1 Å². The molecule has 0 bridgehead atoms. The molecule has 0 radical (unpaired) electrons. The summed E-state index contributed by atoms with van der Waals surface area (Å²) in [5, 5.41) is 10.2. The number of likely N-dealkylation sites (N-methyl/N-ethyl adjacent to an activating group) is 1. The summed E-state index contributed by atoms with van der Waals surface area (Å²) < 4.78 is 0. The number of rotatable bonds is 2. The van der Waals surface area contributed by atoms with E-state index < -0.39 is 0 Å². The minimum Gasteiger partial charge on any atom is -0.659 e. The van der Waals surface area contributed by atoms with Gasteiger partial charge in [0.05, 0.1) is 5.84 Å². The zero-order chi connectivity index (χ0) is 4.99. The van der Waals surface area contributed by atoms with Crippen molar-refractivity contribution in [1.29, 1.82) is 5.41 Å². The van der Waals surface area contributed by atoms with E-state index in [0.29, 0.717) is 6.54 Å². The fourth-order valence-corrected chi connectivity index (χ4v) is 0.170. The fraction of sp³-hybridized carbons (Fsp3) is 0.667. The predicted octanol–water partition coefficient (Wildman–Crippen LogP) is -0.0741. The van der Waals surface area contributed by atoms with Crippen LogP contribution in [0.1, 0.15) is 0 Å². The zero-order valence-electron chi connectivity index (χ0n) is 3.73. The van der Waals surface area contributed by atoms with E-state index in [0.717, 1.165) is 0 Å². The van der Waals surface area contributed by atoms with Crippen molar-refractivity contribution in [2.75, 3.05) is 13.6 Å². The lowest BCUT2D eigenvalue weighted by molar-refractivity contribution is 1.32. The van der Waals surface area contributed by atoms with Crippen LogP contribution in [0, 0.1) is 5.41 Å². The summed E-state index contributed by atoms with van der Waals surface area (Å²) in [7, 11) is 1.63. The van der Waals surface area contributed by atoms with Crippen LogP contribution in [0.2, 0.25) is 0 Å². The topological polar surface area (TPSA) is 64.0 Å². The van der Waals surface area contributed by atoms with E-state index in [9.17, 15) is 0 Å². The molecule has 6 heavy (non-hydrogen) atoms. The number of nitrogens with one attached hydrogen (secondary N) is 1. The molecule has 0 aliphatic carbocycles. The van der Waals surface area contributed by atoms with Crippen molar-refractivity contribution >= 4 is 5.84 Å². The van der Waals surface area contributed by atoms with Gasteiger partial charge in [0.1, 0.15) is 0 Å². The van der Waals surface area contributed by atoms with Crippen LogP contribution in [0.15, 0.2) is 0 Å². The van der Waals surface area contributed by atoms with Crippen LogP contribution in [-0.4, -0.2) is 19.4 Å². The Labute approximate surface area is 37.0 Å². The van der Waals surface area contributed by atoms with Gasteiger partial charge in [-0.15, -0.1) is 0 Å². The Morgan fingerprint density at radius 1 is 2.00 bits per heavy atom. The lowest BCUT2D eigenvalue weighted by Crippen LogP contribution is -2.12. The van der Waals surface area contributed by atoms with Crippen molar-refractivity contribution in [2.24, 2.45) is 5.73 Å². The Bertz CT molecular complexity index is 50.0. The highest BCUT2D eigenvalue weighted by Gasteiger charge is 1.66. The first-order valence-corrected chi connectivity index (χ1v) is 1.66. The van der Waals surface area contributed by atoms with Crippen LogP contribution in [0.25, 0.3) is 5.32 Å². The summed E-state index contributed by atoms with van der Waals surface area (Å²) in [5.74, 6) is 0.123. The van der Waals surface area contributed by atoms with Gasteiger partial charge in [0, 0.05) is 0 Å². The van der Waals surface area contributed by atoms with Gasteiger partial charge in [-0.3, -0.25) is 5.41 Å². The lowest BCUT2D eigenvalue weighted by Gasteiger charge is -2.05. The van der Waals surface area contributed by atoms with Gasteiger partial charge in [0.15, 0.2) is 0 Å². The normalized spacial score (nSPS) is 8.17. The van der Waals surface area contributed by atoms with E-state index in [1.807, 2.05) is 0 Å². The molecule has 0 fully saturated rings. The molecule has 0 saturated carbocycles. The minimum absolute atomic E-state index is 0.123. The number of hydrogen-bond donors (Lipinski definition) is 2. The molecule has 0 amide bonds. The number of hydrogen-bond acceptors (Lipinski definition) is 1. The molecule has 0 aromatic carbocycles. The highest BCUT2D eigenvalue weighted by Crippen LogP contribution is 1.70. The average Bonchev–Trinajstić information content (AvgIpc) is 1.35. The second-order valence-corrected chi connectivity index (χ2v) is 1.000. The second-order valence-electron chi connectivity index (χ2n) is 1.000. The molecule has 0 atom stereocenters. The summed E-state index contributed by atoms with van der Waals surface area (Å²) in [6.07, 6.45) is 0. The molecular formula is C3H8N3-. The number of nitrogens with zero attached hydrogens (tertiary/aromatic N) is 1. The van der Waals surface area contributed by atoms with Crippen molar-refractivity contribution < 1.29 is 0 Å². The highest BCUT2D eigenvalue weighted by molar-refractivity contribution is 5.80. The van der Waals surface area contributed by atoms with Crippen LogP contribution in [-0.2, 0) is 0 Å². The van der Waals surface area contributed by atoms with Crippen molar-refractivity contribution in [3.05, 3.63) is 5.32 Å². The Kier molecular flexibility index (Phi) is 2.40. The van der Waals surface area contributed by atoms with Gasteiger partial charge in [0.2, 0.25) is 0 Å². The smallest absolute Gasteiger partial charge is 0.0696 e. The predicted molar refractivity (Wildman–Crippen MR) is 26.1 cm³/mol. The second kappa shape index (κ2) is 2.66. The van der Waals surface area contributed by atoms with Crippen LogP contribution < -0.4 is 5.73 Å². The third kappa shape index (κ3) is 3.43. The summed E-state index contributed by atoms with van der Waals surface area (Å²) >= 11 is 0. The standard InChI is InChI=1S/C3H8N3/c1-6-2-3(4)5/h2H2,1H3,(H3,4,5)/q-1. The van der Waals surface area contributed by atoms with Gasteiger partial charge in [-0.2, -0.15) is 7.05 Å². The minimum atomic E-state index is 0.123. The maximum Gasteiger partial charge on any atom is 0.0696 e. The summed E-state index contributed by atoms with van der Waals surface area (Å²) in [5.41, 5.74) is 4.89. The van der Waals surface area contributed by atoms with Crippen LogP contribution in [0.4, 0.5) is 0 Å². The summed E-state index contributed by atoms with van der Waals surface area (Å²) in [6, 6.07) is 0. The Hall–Kier alpha value is -0.570. The zero-order valence-corrected chi connectivity index (χ0v) is 3.73. The molecule has 0 unspecified atom stereocenters. The first-order chi connectivity index (χ1) is 2.77. The maximum atomic E-state index is 6.58. The monoisotopic (exact) mass is 86.1 g/mol. The molecule has 3 nitrogen and oxygen atoms in total. The van der Waals surface area contributed by atoms with E-state index in [1.165, 1.54) is 0 Å². The van der Waals surface area contributed by atoms with Gasteiger partial charge in [-0.1, -0.05) is 6.54 Å². The number of nitrogens with two attached hydrogens (primary N) is 1. The van der Waals surface area contributed by atoms with E-state index >= 15 is 0 Å². The van der Waals surface area contributed by atoms with Crippen molar-refractivity contribution in [3.8, 4) is 0 Å². The maximum absolute atomic E-state index is 6.58. The molecule has 0 heterocycles. The fourth-order valence-electron chi connectivity index (χ4n) is 0.170. The van der Waals surface area contributed by atoms with Crippen molar-refractivity contribution in [1.82, 2.24) is 0 Å². The molecule has 36 valence electrons. The molecule has 0 aliphatic heterocycles. The third-order valence-corrected chi connectivity index (χ3v) is 0.328. The molecule has 0 saturated heterocycles. The average molecular weight is 86.1 g/mol. The molecule has 0 aliphatic rings. The van der Waals surface area contributed by atoms with Gasteiger partial charge in [0.25, 0.3) is 0 Å². The molecular weight excluding hydrogens is 78.1 g/mol. The quantitative estimate of drug-likeness (QED) is 0.358. The number of amidine groups is 1. The summed E-state index contributed by atoms with van der Waals surface area (Å²) in [6.45, 7) is 0.361. The SMILES string of the molecule is C[N-]CC(=N)N. The van der Waals surface area contributed by atoms with E-state index in [1.54, 1.807) is 7.05 Å². The van der Waals surface area contributed by atoms with Gasteiger partial charge >= 0.3 is 0 Å². The molecule has 0 aromatic heterocycles. The molecule has 3 N–H and O–H groups in total. The molecule has 0 spiro atoms. The Balaban J connectivity index is 2.83. The largest absolute Gasteiger partial charge is 0.659 e. The van der Waals surface area contributed by atoms with Crippen LogP contribution >= 0.6 is 0 Å². The molecule has 0 aromatic rings. The van der Waals surface area contributed by atoms with Crippen LogP contribution in [0.3, 0.4) is 0 Å². The Morgan fingerprint density at radius 2 is 2.50 bits per heavy atom. The van der Waals surface area contributed by atoms with Gasteiger partial charge in [-0.25, -0.2) is 0 Å². The Morgan fingerprint density at radius 3 is 2.50 bits per heavy atom. The first-order valence-electron chi connectivity index (χ1n) is 1.66. The summed E-state index contributed by atoms with van der Waals surface area (Å²) in [4.78, 5) is 0. The molecule has 0 rings (SSSR count). The third-order valence-electron chi connectivity index (χ3n) is 0.328.